The Morgan fingerprint density at radius 3 is 2.50 bits per heavy atom. The molecule has 1 saturated heterocycles. The Kier molecular flexibility index (Phi) is 4.15. The van der Waals surface area contributed by atoms with Gasteiger partial charge in [0.25, 0.3) is 0 Å². The highest BCUT2D eigenvalue weighted by atomic mass is 16.3. The van der Waals surface area contributed by atoms with E-state index in [2.05, 4.69) is 26.1 Å². The number of likely N-dealkylation sites (N-methyl/N-ethyl adjacent to an activating group) is 1. The van der Waals surface area contributed by atoms with E-state index in [1.807, 2.05) is 0 Å². The second-order valence-electron chi connectivity index (χ2n) is 5.43. The van der Waals surface area contributed by atoms with E-state index in [-0.39, 0.29) is 11.6 Å². The van der Waals surface area contributed by atoms with Crippen molar-refractivity contribution in [1.29, 1.82) is 0 Å². The average Bonchev–Trinajstić information content (AvgIpc) is 2.46. The van der Waals surface area contributed by atoms with Gasteiger partial charge in [-0.15, -0.1) is 0 Å². The summed E-state index contributed by atoms with van der Waals surface area (Å²) in [5, 5.41) is 13.0. The predicted molar refractivity (Wildman–Crippen MR) is 63.4 cm³/mol. The Labute approximate surface area is 97.4 Å². The molecule has 94 valence electrons. The molecule has 0 radical (unpaired) electrons. The zero-order chi connectivity index (χ0) is 12.3. The first-order chi connectivity index (χ1) is 7.29. The number of nitrogens with zero attached hydrogens (tertiary/aromatic N) is 2. The molecule has 5 heteroatoms. The first kappa shape index (κ1) is 13.3. The van der Waals surface area contributed by atoms with Gasteiger partial charge in [-0.05, 0) is 20.8 Å². The number of aliphatic hydroxyl groups excluding tert-OH is 1. The van der Waals surface area contributed by atoms with Gasteiger partial charge in [-0.1, -0.05) is 0 Å². The van der Waals surface area contributed by atoms with Crippen molar-refractivity contribution in [1.82, 2.24) is 15.1 Å². The van der Waals surface area contributed by atoms with Gasteiger partial charge in [-0.2, -0.15) is 0 Å². The minimum Gasteiger partial charge on any atom is -0.390 e. The smallest absolute Gasteiger partial charge is 0.319 e. The number of hydrogen-bond donors (Lipinski definition) is 2. The van der Waals surface area contributed by atoms with Crippen LogP contribution in [-0.4, -0.2) is 65.8 Å². The molecule has 1 rings (SSSR count). The van der Waals surface area contributed by atoms with Crippen LogP contribution in [0.15, 0.2) is 0 Å². The Morgan fingerprint density at radius 2 is 2.06 bits per heavy atom. The molecule has 0 aromatic carbocycles. The fraction of sp³-hybridized carbons (Fsp3) is 0.909. The maximum absolute atomic E-state index is 11.6. The first-order valence-electron chi connectivity index (χ1n) is 5.73. The van der Waals surface area contributed by atoms with E-state index in [0.29, 0.717) is 19.6 Å². The van der Waals surface area contributed by atoms with E-state index in [9.17, 15) is 9.90 Å². The number of amides is 2. The summed E-state index contributed by atoms with van der Waals surface area (Å²) in [7, 11) is 1.78. The Bertz CT molecular complexity index is 250. The molecule has 2 amide bonds. The van der Waals surface area contributed by atoms with Crippen LogP contribution in [0.1, 0.15) is 20.8 Å². The number of nitrogens with one attached hydrogen (secondary N) is 1. The number of urea groups is 1. The van der Waals surface area contributed by atoms with Gasteiger partial charge in [0.05, 0.1) is 6.10 Å². The summed E-state index contributed by atoms with van der Waals surface area (Å²) < 4.78 is 0. The summed E-state index contributed by atoms with van der Waals surface area (Å²) in [6, 6.07) is 0.00908. The third-order valence-corrected chi connectivity index (χ3v) is 2.60. The summed E-state index contributed by atoms with van der Waals surface area (Å²) in [6.07, 6.45) is -0.505. The van der Waals surface area contributed by atoms with Crippen LogP contribution in [-0.2, 0) is 0 Å². The minimum absolute atomic E-state index is 0.00715. The standard InChI is InChI=1S/C11H23N3O2/c1-11(2,3)12-7-9(15)8-14-6-5-13(4)10(14)16/h9,12,15H,5-8H2,1-4H3. The molecule has 5 nitrogen and oxygen atoms in total. The van der Waals surface area contributed by atoms with Gasteiger partial charge >= 0.3 is 6.03 Å². The Hall–Kier alpha value is -0.810. The largest absolute Gasteiger partial charge is 0.390 e. The molecule has 0 aromatic rings. The highest BCUT2D eigenvalue weighted by Crippen LogP contribution is 2.07. The molecule has 16 heavy (non-hydrogen) atoms. The number of carbonyl (C=O) groups is 1. The molecule has 0 spiro atoms. The highest BCUT2D eigenvalue weighted by Gasteiger charge is 2.27. The van der Waals surface area contributed by atoms with Crippen molar-refractivity contribution in [3.05, 3.63) is 0 Å². The SMILES string of the molecule is CN1CCN(CC(O)CNC(C)(C)C)C1=O. The van der Waals surface area contributed by atoms with Crippen LogP contribution in [0.25, 0.3) is 0 Å². The topological polar surface area (TPSA) is 55.8 Å². The summed E-state index contributed by atoms with van der Waals surface area (Å²) >= 11 is 0. The van der Waals surface area contributed by atoms with Crippen LogP contribution < -0.4 is 5.32 Å². The number of β-amino-alcohol motifs (C(OH)–C–C–N with tert-alkyl or cyclic N) is 1. The fourth-order valence-corrected chi connectivity index (χ4v) is 1.62. The van der Waals surface area contributed by atoms with Gasteiger partial charge in [0.2, 0.25) is 0 Å². The number of carbonyl (C=O) groups excluding carboxylic acids is 1. The summed E-state index contributed by atoms with van der Waals surface area (Å²) in [5.74, 6) is 0. The Morgan fingerprint density at radius 1 is 1.44 bits per heavy atom. The van der Waals surface area contributed by atoms with E-state index in [0.717, 1.165) is 6.54 Å². The van der Waals surface area contributed by atoms with Crippen LogP contribution in [0, 0.1) is 0 Å². The average molecular weight is 229 g/mol. The molecule has 0 saturated carbocycles. The molecule has 1 aliphatic rings. The van der Waals surface area contributed by atoms with Gasteiger partial charge in [0.1, 0.15) is 0 Å². The van der Waals surface area contributed by atoms with Crippen molar-refractivity contribution in [2.24, 2.45) is 0 Å². The van der Waals surface area contributed by atoms with Crippen LogP contribution in [0.3, 0.4) is 0 Å². The van der Waals surface area contributed by atoms with Crippen molar-refractivity contribution in [2.45, 2.75) is 32.4 Å². The molecule has 0 aliphatic carbocycles. The molecular weight excluding hydrogens is 206 g/mol. The van der Waals surface area contributed by atoms with Crippen molar-refractivity contribution in [2.75, 3.05) is 33.2 Å². The van der Waals surface area contributed by atoms with Crippen molar-refractivity contribution in [3.8, 4) is 0 Å². The summed E-state index contributed by atoms with van der Waals surface area (Å²) in [4.78, 5) is 14.9. The number of hydrogen-bond acceptors (Lipinski definition) is 3. The van der Waals surface area contributed by atoms with Crippen LogP contribution in [0.5, 0.6) is 0 Å². The van der Waals surface area contributed by atoms with E-state index in [1.54, 1.807) is 16.8 Å². The lowest BCUT2D eigenvalue weighted by Crippen LogP contribution is -2.45. The first-order valence-corrected chi connectivity index (χ1v) is 5.73. The van der Waals surface area contributed by atoms with E-state index < -0.39 is 6.10 Å². The van der Waals surface area contributed by atoms with Gasteiger partial charge in [-0.3, -0.25) is 0 Å². The van der Waals surface area contributed by atoms with E-state index in [1.165, 1.54) is 0 Å². The Balaban J connectivity index is 2.29. The zero-order valence-electron chi connectivity index (χ0n) is 10.7. The van der Waals surface area contributed by atoms with Crippen LogP contribution >= 0.6 is 0 Å². The van der Waals surface area contributed by atoms with Crippen LogP contribution in [0.4, 0.5) is 4.79 Å². The van der Waals surface area contributed by atoms with Gasteiger partial charge in [-0.25, -0.2) is 4.79 Å². The summed E-state index contributed by atoms with van der Waals surface area (Å²) in [6.45, 7) is 8.53. The monoisotopic (exact) mass is 229 g/mol. The quantitative estimate of drug-likeness (QED) is 0.719. The lowest BCUT2D eigenvalue weighted by molar-refractivity contribution is 0.120. The van der Waals surface area contributed by atoms with Gasteiger partial charge in [0.15, 0.2) is 0 Å². The van der Waals surface area contributed by atoms with Crippen molar-refractivity contribution in [3.63, 3.8) is 0 Å². The molecule has 0 aromatic heterocycles. The minimum atomic E-state index is -0.505. The van der Waals surface area contributed by atoms with Crippen LogP contribution in [0.2, 0.25) is 0 Å². The molecule has 1 heterocycles. The fourth-order valence-electron chi connectivity index (χ4n) is 1.62. The maximum atomic E-state index is 11.6. The number of aliphatic hydroxyl groups is 1. The normalized spacial score (nSPS) is 19.4. The molecular formula is C11H23N3O2. The zero-order valence-corrected chi connectivity index (χ0v) is 10.7. The van der Waals surface area contributed by atoms with E-state index in [4.69, 9.17) is 0 Å². The molecule has 1 atom stereocenters. The van der Waals surface area contributed by atoms with Gasteiger partial charge < -0.3 is 20.2 Å². The predicted octanol–water partition coefficient (Wildman–Crippen LogP) is 0.103. The summed E-state index contributed by atoms with van der Waals surface area (Å²) in [5.41, 5.74) is -0.00715. The molecule has 1 aliphatic heterocycles. The van der Waals surface area contributed by atoms with Crippen molar-refractivity contribution >= 4 is 6.03 Å². The maximum Gasteiger partial charge on any atom is 0.319 e. The third kappa shape index (κ3) is 3.98. The molecule has 2 N–H and O–H groups in total. The molecule has 1 fully saturated rings. The second kappa shape index (κ2) is 5.01. The van der Waals surface area contributed by atoms with Crippen molar-refractivity contribution < 1.29 is 9.90 Å². The van der Waals surface area contributed by atoms with Gasteiger partial charge in [0, 0.05) is 38.8 Å². The lowest BCUT2D eigenvalue weighted by atomic mass is 10.1. The molecule has 1 unspecified atom stereocenters. The molecule has 0 bridgehead atoms. The highest BCUT2D eigenvalue weighted by molar-refractivity contribution is 5.76. The second-order valence-corrected chi connectivity index (χ2v) is 5.43. The number of rotatable bonds is 4. The van der Waals surface area contributed by atoms with E-state index >= 15 is 0 Å². The lowest BCUT2D eigenvalue weighted by Gasteiger charge is -2.25. The third-order valence-electron chi connectivity index (χ3n) is 2.60.